The molecule has 1 N–H and O–H groups in total. The molecule has 0 spiro atoms. The van der Waals surface area contributed by atoms with Gasteiger partial charge in [-0.1, -0.05) is 71.1 Å². The number of rotatable bonds is 11. The first-order chi connectivity index (χ1) is 10.3. The highest BCUT2D eigenvalue weighted by molar-refractivity contribution is 4.94. The molecule has 126 valence electrons. The van der Waals surface area contributed by atoms with E-state index in [1.807, 2.05) is 0 Å². The van der Waals surface area contributed by atoms with Crippen LogP contribution < -0.4 is 5.32 Å². The molecule has 0 amide bonds. The molecule has 0 aromatic heterocycles. The molecule has 1 saturated carbocycles. The van der Waals surface area contributed by atoms with Crippen molar-refractivity contribution in [1.82, 2.24) is 5.32 Å². The van der Waals surface area contributed by atoms with Crippen LogP contribution in [-0.2, 0) is 4.74 Å². The molecule has 0 heterocycles. The van der Waals surface area contributed by atoms with Gasteiger partial charge in [0.2, 0.25) is 0 Å². The van der Waals surface area contributed by atoms with E-state index in [4.69, 9.17) is 4.74 Å². The highest BCUT2D eigenvalue weighted by atomic mass is 16.5. The van der Waals surface area contributed by atoms with E-state index >= 15 is 0 Å². The van der Waals surface area contributed by atoms with Gasteiger partial charge in [-0.05, 0) is 33.2 Å². The molecule has 0 radical (unpaired) electrons. The quantitative estimate of drug-likeness (QED) is 0.404. The van der Waals surface area contributed by atoms with Crippen molar-refractivity contribution in [2.45, 2.75) is 109 Å². The maximum absolute atomic E-state index is 6.34. The summed E-state index contributed by atoms with van der Waals surface area (Å²) in [5.74, 6) is 0. The van der Waals surface area contributed by atoms with Gasteiger partial charge in [0.15, 0.2) is 0 Å². The summed E-state index contributed by atoms with van der Waals surface area (Å²) in [6, 6.07) is 0.543. The molecule has 1 aliphatic carbocycles. The summed E-state index contributed by atoms with van der Waals surface area (Å²) >= 11 is 0. The zero-order valence-corrected chi connectivity index (χ0v) is 14.9. The fourth-order valence-electron chi connectivity index (χ4n) is 4.01. The van der Waals surface area contributed by atoms with Crippen LogP contribution in [0.3, 0.4) is 0 Å². The lowest BCUT2D eigenvalue weighted by atomic mass is 9.83. The van der Waals surface area contributed by atoms with Gasteiger partial charge in [-0.2, -0.15) is 0 Å². The van der Waals surface area contributed by atoms with Crippen LogP contribution in [-0.4, -0.2) is 25.3 Å². The Balaban J connectivity index is 2.44. The normalized spacial score (nSPS) is 20.1. The standard InChI is InChI=1S/C19H39NO/c1-4-6-7-8-9-12-15-18(20-3)19(21-5-2)16-13-10-11-14-17-19/h18,20H,4-17H2,1-3H3. The second-order valence-electron chi connectivity index (χ2n) is 6.81. The highest BCUT2D eigenvalue weighted by Crippen LogP contribution is 2.35. The summed E-state index contributed by atoms with van der Waals surface area (Å²) in [7, 11) is 2.13. The average Bonchev–Trinajstić information content (AvgIpc) is 2.73. The van der Waals surface area contributed by atoms with Gasteiger partial charge in [0.1, 0.15) is 0 Å². The first-order valence-electron chi connectivity index (χ1n) is 9.60. The minimum Gasteiger partial charge on any atom is -0.374 e. The Morgan fingerprint density at radius 2 is 1.52 bits per heavy atom. The molecule has 21 heavy (non-hydrogen) atoms. The third-order valence-corrected chi connectivity index (χ3v) is 5.21. The topological polar surface area (TPSA) is 21.3 Å². The maximum Gasteiger partial charge on any atom is 0.0834 e. The van der Waals surface area contributed by atoms with Gasteiger partial charge in [0.25, 0.3) is 0 Å². The van der Waals surface area contributed by atoms with Gasteiger partial charge in [0, 0.05) is 12.6 Å². The average molecular weight is 298 g/mol. The van der Waals surface area contributed by atoms with E-state index in [-0.39, 0.29) is 5.60 Å². The molecule has 1 aliphatic rings. The van der Waals surface area contributed by atoms with Gasteiger partial charge in [-0.25, -0.2) is 0 Å². The van der Waals surface area contributed by atoms with E-state index in [2.05, 4.69) is 26.2 Å². The Hall–Kier alpha value is -0.0800. The van der Waals surface area contributed by atoms with Crippen LogP contribution in [0.15, 0.2) is 0 Å². The third kappa shape index (κ3) is 6.69. The van der Waals surface area contributed by atoms with E-state index in [1.165, 1.54) is 83.5 Å². The Morgan fingerprint density at radius 1 is 0.905 bits per heavy atom. The van der Waals surface area contributed by atoms with Gasteiger partial charge < -0.3 is 10.1 Å². The number of hydrogen-bond donors (Lipinski definition) is 1. The molecule has 0 aliphatic heterocycles. The second kappa shape index (κ2) is 11.5. The lowest BCUT2D eigenvalue weighted by Gasteiger charge is -2.40. The molecule has 1 rings (SSSR count). The van der Waals surface area contributed by atoms with E-state index in [0.717, 1.165) is 6.61 Å². The molecule has 1 unspecified atom stereocenters. The summed E-state index contributed by atoms with van der Waals surface area (Å²) in [6.45, 7) is 5.30. The van der Waals surface area contributed by atoms with Crippen molar-refractivity contribution in [2.75, 3.05) is 13.7 Å². The lowest BCUT2D eigenvalue weighted by molar-refractivity contribution is -0.0774. The fraction of sp³-hybridized carbons (Fsp3) is 1.00. The molecule has 0 aromatic carbocycles. The molecular formula is C19H39NO. The van der Waals surface area contributed by atoms with E-state index in [1.54, 1.807) is 0 Å². The summed E-state index contributed by atoms with van der Waals surface area (Å²) < 4.78 is 6.34. The summed E-state index contributed by atoms with van der Waals surface area (Å²) in [5, 5.41) is 3.60. The zero-order chi connectivity index (χ0) is 15.4. The Bertz CT molecular complexity index is 234. The predicted octanol–water partition coefficient (Wildman–Crippen LogP) is 5.45. The molecule has 0 saturated heterocycles. The number of nitrogens with one attached hydrogen (secondary N) is 1. The van der Waals surface area contributed by atoms with Gasteiger partial charge in [-0.3, -0.25) is 0 Å². The third-order valence-electron chi connectivity index (χ3n) is 5.21. The van der Waals surface area contributed by atoms with Gasteiger partial charge in [-0.15, -0.1) is 0 Å². The lowest BCUT2D eigenvalue weighted by Crippen LogP contribution is -2.51. The van der Waals surface area contributed by atoms with E-state index < -0.39 is 0 Å². The Labute approximate surface area is 133 Å². The van der Waals surface area contributed by atoms with E-state index in [9.17, 15) is 0 Å². The summed E-state index contributed by atoms with van der Waals surface area (Å²) in [4.78, 5) is 0. The molecule has 2 heteroatoms. The summed E-state index contributed by atoms with van der Waals surface area (Å²) in [5.41, 5.74) is 0.115. The van der Waals surface area contributed by atoms with Crippen molar-refractivity contribution in [3.63, 3.8) is 0 Å². The molecule has 1 fully saturated rings. The monoisotopic (exact) mass is 297 g/mol. The smallest absolute Gasteiger partial charge is 0.0834 e. The number of unbranched alkanes of at least 4 members (excludes halogenated alkanes) is 5. The van der Waals surface area contributed by atoms with Crippen molar-refractivity contribution in [1.29, 1.82) is 0 Å². The summed E-state index contributed by atoms with van der Waals surface area (Å²) in [6.07, 6.45) is 17.6. The van der Waals surface area contributed by atoms with Crippen molar-refractivity contribution in [3.05, 3.63) is 0 Å². The molecule has 0 aromatic rings. The molecule has 1 atom stereocenters. The van der Waals surface area contributed by atoms with Crippen molar-refractivity contribution >= 4 is 0 Å². The van der Waals surface area contributed by atoms with Crippen LogP contribution in [0.2, 0.25) is 0 Å². The van der Waals surface area contributed by atoms with Crippen molar-refractivity contribution in [2.24, 2.45) is 0 Å². The second-order valence-corrected chi connectivity index (χ2v) is 6.81. The minimum atomic E-state index is 0.115. The number of likely N-dealkylation sites (N-methyl/N-ethyl adjacent to an activating group) is 1. The highest BCUT2D eigenvalue weighted by Gasteiger charge is 2.38. The maximum atomic E-state index is 6.34. The van der Waals surface area contributed by atoms with Crippen LogP contribution in [0.25, 0.3) is 0 Å². The molecular weight excluding hydrogens is 258 g/mol. The number of hydrogen-bond acceptors (Lipinski definition) is 2. The SMILES string of the molecule is CCCCCCCCC(NC)C1(OCC)CCCCCC1. The van der Waals surface area contributed by atoms with Crippen LogP contribution in [0.1, 0.15) is 97.3 Å². The largest absolute Gasteiger partial charge is 0.374 e. The van der Waals surface area contributed by atoms with Gasteiger partial charge >= 0.3 is 0 Å². The van der Waals surface area contributed by atoms with Crippen molar-refractivity contribution < 1.29 is 4.74 Å². The Kier molecular flexibility index (Phi) is 10.4. The van der Waals surface area contributed by atoms with Crippen LogP contribution in [0.5, 0.6) is 0 Å². The first-order valence-corrected chi connectivity index (χ1v) is 9.60. The molecule has 2 nitrogen and oxygen atoms in total. The van der Waals surface area contributed by atoms with Crippen molar-refractivity contribution in [3.8, 4) is 0 Å². The number of ether oxygens (including phenoxy) is 1. The van der Waals surface area contributed by atoms with Gasteiger partial charge in [0.05, 0.1) is 5.60 Å². The fourth-order valence-corrected chi connectivity index (χ4v) is 4.01. The van der Waals surface area contributed by atoms with Crippen LogP contribution in [0.4, 0.5) is 0 Å². The molecule has 0 bridgehead atoms. The first kappa shape index (κ1) is 19.0. The zero-order valence-electron chi connectivity index (χ0n) is 14.9. The van der Waals surface area contributed by atoms with Crippen LogP contribution >= 0.6 is 0 Å². The van der Waals surface area contributed by atoms with E-state index in [0.29, 0.717) is 6.04 Å². The Morgan fingerprint density at radius 3 is 2.10 bits per heavy atom. The predicted molar refractivity (Wildman–Crippen MR) is 92.9 cm³/mol. The van der Waals surface area contributed by atoms with Crippen LogP contribution in [0, 0.1) is 0 Å². The minimum absolute atomic E-state index is 0.115.